The maximum Gasteiger partial charge on any atom is 0.210 e. The first-order valence-electron chi connectivity index (χ1n) is 9.02. The minimum Gasteiger partial charge on any atom is -0.504 e. The number of hydrogen-bond acceptors (Lipinski definition) is 8. The van der Waals surface area contributed by atoms with Crippen molar-refractivity contribution in [3.8, 4) is 28.7 Å². The van der Waals surface area contributed by atoms with Crippen LogP contribution in [-0.2, 0) is 11.2 Å². The highest BCUT2D eigenvalue weighted by molar-refractivity contribution is 6.31. The van der Waals surface area contributed by atoms with Crippen molar-refractivity contribution in [2.24, 2.45) is 0 Å². The molecule has 9 heteroatoms. The summed E-state index contributed by atoms with van der Waals surface area (Å²) in [6.07, 6.45) is -0.974. The smallest absolute Gasteiger partial charge is 0.210 e. The zero-order chi connectivity index (χ0) is 21.3. The Kier molecular flexibility index (Phi) is 6.28. The second-order valence-electron chi connectivity index (χ2n) is 6.99. The van der Waals surface area contributed by atoms with E-state index in [0.717, 1.165) is 0 Å². The van der Waals surface area contributed by atoms with Gasteiger partial charge in [-0.3, -0.25) is 0 Å². The molecule has 3 rings (SSSR count). The van der Waals surface area contributed by atoms with Gasteiger partial charge < -0.3 is 40.1 Å². The van der Waals surface area contributed by atoms with Crippen LogP contribution in [0.25, 0.3) is 0 Å². The minimum absolute atomic E-state index is 0.103. The zero-order valence-corrected chi connectivity index (χ0v) is 16.4. The van der Waals surface area contributed by atoms with Crippen LogP contribution >= 0.6 is 11.6 Å². The molecular formula is C20H23ClO8. The van der Waals surface area contributed by atoms with E-state index in [4.69, 9.17) is 21.1 Å². The van der Waals surface area contributed by atoms with E-state index in [1.54, 1.807) is 18.2 Å². The molecule has 1 heterocycles. The fourth-order valence-electron chi connectivity index (χ4n) is 3.53. The number of hydrogen-bond donors (Lipinski definition) is 6. The van der Waals surface area contributed by atoms with E-state index in [0.29, 0.717) is 29.0 Å². The number of phenolic OH excluding ortho intramolecular Hbond substituents is 4. The first-order valence-corrected chi connectivity index (χ1v) is 9.39. The fraction of sp³-hybridized carbons (Fsp3) is 0.400. The van der Waals surface area contributed by atoms with Gasteiger partial charge in [0.15, 0.2) is 11.5 Å². The molecule has 2 aromatic rings. The lowest BCUT2D eigenvalue weighted by atomic mass is 9.93. The molecular weight excluding hydrogens is 404 g/mol. The van der Waals surface area contributed by atoms with Crippen LogP contribution in [0, 0.1) is 0 Å². The third kappa shape index (κ3) is 4.16. The quantitative estimate of drug-likeness (QED) is 0.316. The average molecular weight is 427 g/mol. The summed E-state index contributed by atoms with van der Waals surface area (Å²) in [4.78, 5) is 0. The van der Waals surface area contributed by atoms with Gasteiger partial charge in [0, 0.05) is 29.8 Å². The molecule has 1 fully saturated rings. The largest absolute Gasteiger partial charge is 0.504 e. The molecule has 0 amide bonds. The van der Waals surface area contributed by atoms with E-state index in [1.807, 2.05) is 0 Å². The molecule has 8 nitrogen and oxygen atoms in total. The van der Waals surface area contributed by atoms with Gasteiger partial charge in [-0.15, -0.1) is 0 Å². The summed E-state index contributed by atoms with van der Waals surface area (Å²) in [5.74, 6) is -3.11. The molecule has 0 bridgehead atoms. The number of aliphatic hydroxyl groups excluding tert-OH is 2. The standard InChI is InChI=1S/C20H23ClO8/c1-28-20-18(26)16(24)13(17(25)19(20)27)5-10-4-9(2-3-14(10)21)15-7-11(23)6-12(8-22)29-15/h2-4,11-12,15,22-27H,5-8H2,1H3. The maximum atomic E-state index is 10.3. The van der Waals surface area contributed by atoms with Crippen molar-refractivity contribution in [1.82, 2.24) is 0 Å². The summed E-state index contributed by atoms with van der Waals surface area (Å²) in [7, 11) is 1.17. The Morgan fingerprint density at radius 2 is 1.72 bits per heavy atom. The molecule has 6 N–H and O–H groups in total. The number of halogens is 1. The molecule has 1 aliphatic rings. The van der Waals surface area contributed by atoms with Crippen LogP contribution in [0.15, 0.2) is 18.2 Å². The van der Waals surface area contributed by atoms with Gasteiger partial charge >= 0.3 is 0 Å². The molecule has 158 valence electrons. The summed E-state index contributed by atoms with van der Waals surface area (Å²) >= 11 is 6.27. The zero-order valence-electron chi connectivity index (χ0n) is 15.7. The Bertz CT molecular complexity index is 872. The van der Waals surface area contributed by atoms with E-state index >= 15 is 0 Å². The van der Waals surface area contributed by atoms with Gasteiger partial charge in [-0.2, -0.15) is 0 Å². The lowest BCUT2D eigenvalue weighted by Crippen LogP contribution is -2.33. The van der Waals surface area contributed by atoms with Crippen LogP contribution in [0.5, 0.6) is 28.7 Å². The molecule has 0 aromatic heterocycles. The Morgan fingerprint density at radius 1 is 1.07 bits per heavy atom. The summed E-state index contributed by atoms with van der Waals surface area (Å²) in [6, 6.07) is 5.03. The number of methoxy groups -OCH3 is 1. The van der Waals surface area contributed by atoms with Gasteiger partial charge in [-0.25, -0.2) is 0 Å². The minimum atomic E-state index is -0.699. The first kappa shape index (κ1) is 21.3. The summed E-state index contributed by atoms with van der Waals surface area (Å²) in [5, 5.41) is 60.3. The lowest BCUT2D eigenvalue weighted by Gasteiger charge is -2.32. The second kappa shape index (κ2) is 8.54. The van der Waals surface area contributed by atoms with Crippen molar-refractivity contribution < 1.29 is 40.1 Å². The van der Waals surface area contributed by atoms with Crippen LogP contribution in [0.2, 0.25) is 5.02 Å². The third-order valence-electron chi connectivity index (χ3n) is 5.04. The number of phenols is 4. The Balaban J connectivity index is 1.96. The van der Waals surface area contributed by atoms with E-state index in [-0.39, 0.29) is 18.6 Å². The molecule has 1 aliphatic heterocycles. The summed E-state index contributed by atoms with van der Waals surface area (Å²) in [5.41, 5.74) is 1.06. The molecule has 3 atom stereocenters. The number of aromatic hydroxyl groups is 4. The highest BCUT2D eigenvalue weighted by Crippen LogP contribution is 2.52. The highest BCUT2D eigenvalue weighted by atomic mass is 35.5. The van der Waals surface area contributed by atoms with Crippen LogP contribution in [0.3, 0.4) is 0 Å². The van der Waals surface area contributed by atoms with E-state index < -0.39 is 47.1 Å². The number of ether oxygens (including phenoxy) is 2. The second-order valence-corrected chi connectivity index (χ2v) is 7.40. The van der Waals surface area contributed by atoms with E-state index in [9.17, 15) is 30.6 Å². The predicted molar refractivity (Wildman–Crippen MR) is 104 cm³/mol. The number of rotatable bonds is 5. The van der Waals surface area contributed by atoms with Crippen molar-refractivity contribution in [2.45, 2.75) is 37.6 Å². The van der Waals surface area contributed by atoms with Crippen molar-refractivity contribution in [2.75, 3.05) is 13.7 Å². The van der Waals surface area contributed by atoms with Crippen molar-refractivity contribution >= 4 is 11.6 Å². The average Bonchev–Trinajstić information content (AvgIpc) is 2.71. The van der Waals surface area contributed by atoms with Gasteiger partial charge in [0.05, 0.1) is 32.0 Å². The molecule has 2 aromatic carbocycles. The SMILES string of the molecule is COc1c(O)c(O)c(Cc2cc(C3CC(O)CC(CO)O3)ccc2Cl)c(O)c1O. The van der Waals surface area contributed by atoms with E-state index in [1.165, 1.54) is 7.11 Å². The molecule has 3 unspecified atom stereocenters. The van der Waals surface area contributed by atoms with E-state index in [2.05, 4.69) is 0 Å². The normalized spacial score (nSPS) is 21.9. The molecule has 0 aliphatic carbocycles. The molecule has 0 saturated carbocycles. The maximum absolute atomic E-state index is 10.3. The number of benzene rings is 2. The van der Waals surface area contributed by atoms with Crippen LogP contribution in [0.1, 0.15) is 35.6 Å². The predicted octanol–water partition coefficient (Wildman–Crippen LogP) is 2.34. The van der Waals surface area contributed by atoms with Gasteiger partial charge in [0.25, 0.3) is 0 Å². The molecule has 29 heavy (non-hydrogen) atoms. The number of aliphatic hydroxyl groups is 2. The molecule has 0 spiro atoms. The Hall–Kier alpha value is -2.39. The molecule has 1 saturated heterocycles. The van der Waals surface area contributed by atoms with Crippen LogP contribution in [-0.4, -0.2) is 56.6 Å². The lowest BCUT2D eigenvalue weighted by molar-refractivity contribution is -0.113. The Labute approximate surface area is 172 Å². The topological polar surface area (TPSA) is 140 Å². The van der Waals surface area contributed by atoms with Crippen LogP contribution in [0.4, 0.5) is 0 Å². The Morgan fingerprint density at radius 3 is 2.31 bits per heavy atom. The summed E-state index contributed by atoms with van der Waals surface area (Å²) < 4.78 is 10.6. The third-order valence-corrected chi connectivity index (χ3v) is 5.41. The van der Waals surface area contributed by atoms with Crippen LogP contribution < -0.4 is 4.74 Å². The van der Waals surface area contributed by atoms with Gasteiger partial charge in [-0.1, -0.05) is 23.7 Å². The van der Waals surface area contributed by atoms with Crippen molar-refractivity contribution in [3.05, 3.63) is 39.9 Å². The van der Waals surface area contributed by atoms with Gasteiger partial charge in [0.2, 0.25) is 17.2 Å². The fourth-order valence-corrected chi connectivity index (χ4v) is 3.71. The van der Waals surface area contributed by atoms with Gasteiger partial charge in [0.1, 0.15) is 0 Å². The summed E-state index contributed by atoms with van der Waals surface area (Å²) in [6.45, 7) is -0.208. The van der Waals surface area contributed by atoms with Gasteiger partial charge in [-0.05, 0) is 17.2 Å². The highest BCUT2D eigenvalue weighted by Gasteiger charge is 2.30. The van der Waals surface area contributed by atoms with Crippen molar-refractivity contribution in [3.63, 3.8) is 0 Å². The monoisotopic (exact) mass is 426 g/mol. The first-order chi connectivity index (χ1) is 13.8. The van der Waals surface area contributed by atoms with Crippen molar-refractivity contribution in [1.29, 1.82) is 0 Å². The molecule has 0 radical (unpaired) electrons.